The predicted molar refractivity (Wildman–Crippen MR) is 140 cm³/mol. The van der Waals surface area contributed by atoms with Crippen molar-refractivity contribution in [2.75, 3.05) is 26.1 Å². The minimum Gasteiger partial charge on any atom is -0.493 e. The summed E-state index contributed by atoms with van der Waals surface area (Å²) in [5.41, 5.74) is 2.78. The number of carbonyl (C=O) groups excluding carboxylic acids is 2. The molecule has 0 radical (unpaired) electrons. The molecule has 4 aromatic rings. The van der Waals surface area contributed by atoms with Gasteiger partial charge in [0, 0.05) is 33.6 Å². The van der Waals surface area contributed by atoms with Crippen LogP contribution in [-0.2, 0) is 5.41 Å². The van der Waals surface area contributed by atoms with E-state index in [-0.39, 0.29) is 17.2 Å². The van der Waals surface area contributed by atoms with E-state index in [9.17, 15) is 9.59 Å². The molecule has 0 bridgehead atoms. The van der Waals surface area contributed by atoms with Gasteiger partial charge in [0.2, 0.25) is 0 Å². The van der Waals surface area contributed by atoms with E-state index in [2.05, 4.69) is 20.8 Å². The summed E-state index contributed by atoms with van der Waals surface area (Å²) in [6.45, 7) is 4.45. The van der Waals surface area contributed by atoms with Gasteiger partial charge in [-0.15, -0.1) is 0 Å². The lowest BCUT2D eigenvalue weighted by atomic mass is 9.84. The number of hydrogen-bond donors (Lipinski definition) is 3. The summed E-state index contributed by atoms with van der Waals surface area (Å²) >= 11 is 6.08. The molecule has 0 saturated heterocycles. The maximum atomic E-state index is 12.8. The molecule has 0 spiro atoms. The Hall–Kier alpha value is -4.04. The van der Waals surface area contributed by atoms with Gasteiger partial charge in [-0.2, -0.15) is 5.10 Å². The van der Waals surface area contributed by atoms with E-state index >= 15 is 0 Å². The third kappa shape index (κ3) is 5.28. The summed E-state index contributed by atoms with van der Waals surface area (Å²) < 4.78 is 10.5. The lowest BCUT2D eigenvalue weighted by molar-refractivity contribution is 0.0941. The zero-order chi connectivity index (χ0) is 25.9. The first-order valence-corrected chi connectivity index (χ1v) is 11.7. The smallest absolute Gasteiger partial charge is 0.272 e. The minimum atomic E-state index is -0.370. The molecule has 0 aliphatic heterocycles. The molecular weight excluding hydrogens is 480 g/mol. The second kappa shape index (κ2) is 10.3. The molecule has 0 fully saturated rings. The Morgan fingerprint density at radius 3 is 2.36 bits per heavy atom. The first-order chi connectivity index (χ1) is 17.2. The monoisotopic (exact) mass is 506 g/mol. The van der Waals surface area contributed by atoms with Crippen LogP contribution in [-0.4, -0.2) is 42.8 Å². The van der Waals surface area contributed by atoms with Gasteiger partial charge in [-0.1, -0.05) is 37.6 Å². The maximum absolute atomic E-state index is 12.8. The molecule has 9 heteroatoms. The summed E-state index contributed by atoms with van der Waals surface area (Å²) in [5, 5.41) is 14.1. The summed E-state index contributed by atoms with van der Waals surface area (Å²) in [7, 11) is 3.07. The van der Waals surface area contributed by atoms with Crippen LogP contribution in [0.15, 0.2) is 60.7 Å². The van der Waals surface area contributed by atoms with Crippen molar-refractivity contribution >= 4 is 40.0 Å². The molecule has 0 saturated carbocycles. The van der Waals surface area contributed by atoms with Crippen LogP contribution in [0, 0.1) is 0 Å². The molecule has 36 heavy (non-hydrogen) atoms. The quantitative estimate of drug-likeness (QED) is 0.305. The number of fused-ring (bicyclic) bond motifs is 1. The Balaban J connectivity index is 1.40. The van der Waals surface area contributed by atoms with Gasteiger partial charge in [-0.05, 0) is 54.1 Å². The van der Waals surface area contributed by atoms with Crippen molar-refractivity contribution < 1.29 is 19.1 Å². The van der Waals surface area contributed by atoms with Gasteiger partial charge in [-0.25, -0.2) is 0 Å². The molecule has 4 rings (SSSR count). The molecule has 0 unspecified atom stereocenters. The zero-order valence-electron chi connectivity index (χ0n) is 20.4. The fraction of sp³-hybridized carbons (Fsp3) is 0.222. The number of amides is 2. The van der Waals surface area contributed by atoms with E-state index in [4.69, 9.17) is 21.1 Å². The second-order valence-corrected chi connectivity index (χ2v) is 9.37. The number of nitrogens with one attached hydrogen (secondary N) is 3. The zero-order valence-corrected chi connectivity index (χ0v) is 21.2. The van der Waals surface area contributed by atoms with Gasteiger partial charge >= 0.3 is 0 Å². The Labute approximate surface area is 213 Å². The van der Waals surface area contributed by atoms with E-state index in [1.807, 2.05) is 38.1 Å². The van der Waals surface area contributed by atoms with Crippen LogP contribution in [0.2, 0.25) is 5.02 Å². The lowest BCUT2D eigenvalue weighted by Crippen LogP contribution is -2.36. The molecule has 0 atom stereocenters. The SMILES string of the molecule is COc1ccc(C(=O)Nc2ccc(C(C)(C)CNC(=O)c3n[nH]c4ccc(Cl)cc34)cc2)cc1OC. The van der Waals surface area contributed by atoms with Gasteiger partial charge in [0.1, 0.15) is 0 Å². The minimum absolute atomic E-state index is 0.262. The molecule has 3 aromatic carbocycles. The highest BCUT2D eigenvalue weighted by molar-refractivity contribution is 6.31. The van der Waals surface area contributed by atoms with Crippen LogP contribution in [0.4, 0.5) is 5.69 Å². The standard InChI is InChI=1S/C27H27ClN4O4/c1-27(2,15-29-26(34)24-20-14-18(28)8-11-21(20)31-32-24)17-6-9-19(10-7-17)30-25(33)16-5-12-22(35-3)23(13-16)36-4/h5-14H,15H2,1-4H3,(H,29,34)(H,30,33)(H,31,32). The molecule has 1 heterocycles. The van der Waals surface area contributed by atoms with Gasteiger partial charge in [0.05, 0.1) is 19.7 Å². The van der Waals surface area contributed by atoms with Gasteiger partial charge in [-0.3, -0.25) is 14.7 Å². The average molecular weight is 507 g/mol. The van der Waals surface area contributed by atoms with Gasteiger partial charge in [0.25, 0.3) is 11.8 Å². The third-order valence-corrected chi connectivity index (χ3v) is 6.24. The summed E-state index contributed by atoms with van der Waals surface area (Å²) in [4.78, 5) is 25.5. The number of benzene rings is 3. The van der Waals surface area contributed by atoms with Crippen molar-refractivity contribution in [1.29, 1.82) is 0 Å². The molecule has 3 N–H and O–H groups in total. The number of aromatic nitrogens is 2. The van der Waals surface area contributed by atoms with Crippen LogP contribution in [0.5, 0.6) is 11.5 Å². The highest BCUT2D eigenvalue weighted by Crippen LogP contribution is 2.29. The Morgan fingerprint density at radius 1 is 0.944 bits per heavy atom. The molecule has 1 aromatic heterocycles. The number of ether oxygens (including phenoxy) is 2. The molecule has 0 aliphatic carbocycles. The molecule has 0 aliphatic rings. The number of anilines is 1. The molecule has 186 valence electrons. The van der Waals surface area contributed by atoms with Crippen molar-refractivity contribution in [2.45, 2.75) is 19.3 Å². The fourth-order valence-electron chi connectivity index (χ4n) is 3.83. The first-order valence-electron chi connectivity index (χ1n) is 11.3. The summed E-state index contributed by atoms with van der Waals surface area (Å²) in [6, 6.07) is 17.8. The van der Waals surface area contributed by atoms with Crippen molar-refractivity contribution in [3.63, 3.8) is 0 Å². The largest absolute Gasteiger partial charge is 0.493 e. The lowest BCUT2D eigenvalue weighted by Gasteiger charge is -2.26. The number of aromatic amines is 1. The molecular formula is C27H27ClN4O4. The number of hydrogen-bond acceptors (Lipinski definition) is 5. The number of nitrogens with zero attached hydrogens (tertiary/aromatic N) is 1. The number of halogens is 1. The van der Waals surface area contributed by atoms with Crippen LogP contribution in [0.25, 0.3) is 10.9 Å². The summed E-state index contributed by atoms with van der Waals surface area (Å²) in [6.07, 6.45) is 0. The van der Waals surface area contributed by atoms with Crippen LogP contribution in [0.1, 0.15) is 40.3 Å². The van der Waals surface area contributed by atoms with Crippen LogP contribution >= 0.6 is 11.6 Å². The van der Waals surface area contributed by atoms with E-state index < -0.39 is 0 Å². The van der Waals surface area contributed by atoms with E-state index in [0.717, 1.165) is 11.1 Å². The predicted octanol–water partition coefficient (Wildman–Crippen LogP) is 5.19. The van der Waals surface area contributed by atoms with E-state index in [0.29, 0.717) is 45.4 Å². The number of H-pyrrole nitrogens is 1. The highest BCUT2D eigenvalue weighted by atomic mass is 35.5. The topological polar surface area (TPSA) is 105 Å². The number of methoxy groups -OCH3 is 2. The van der Waals surface area contributed by atoms with Crippen molar-refractivity contribution in [3.05, 3.63) is 82.5 Å². The molecule has 2 amide bonds. The third-order valence-electron chi connectivity index (χ3n) is 6.00. The van der Waals surface area contributed by atoms with Gasteiger partial charge < -0.3 is 20.1 Å². The Morgan fingerprint density at radius 2 is 1.67 bits per heavy atom. The van der Waals surface area contributed by atoms with Crippen molar-refractivity contribution in [2.24, 2.45) is 0 Å². The number of carbonyl (C=O) groups is 2. The highest BCUT2D eigenvalue weighted by Gasteiger charge is 2.23. The maximum Gasteiger partial charge on any atom is 0.272 e. The van der Waals surface area contributed by atoms with Crippen molar-refractivity contribution in [1.82, 2.24) is 15.5 Å². The normalized spacial score (nSPS) is 11.2. The first kappa shape index (κ1) is 25.1. The van der Waals surface area contributed by atoms with E-state index in [1.165, 1.54) is 7.11 Å². The summed E-state index contributed by atoms with van der Waals surface area (Å²) in [5.74, 6) is 0.490. The Bertz CT molecular complexity index is 1410. The average Bonchev–Trinajstić information content (AvgIpc) is 3.30. The van der Waals surface area contributed by atoms with Crippen molar-refractivity contribution in [3.8, 4) is 11.5 Å². The second-order valence-electron chi connectivity index (χ2n) is 8.93. The van der Waals surface area contributed by atoms with Crippen LogP contribution in [0.3, 0.4) is 0 Å². The van der Waals surface area contributed by atoms with E-state index in [1.54, 1.807) is 43.5 Å². The molecule has 8 nitrogen and oxygen atoms in total. The van der Waals surface area contributed by atoms with Crippen LogP contribution < -0.4 is 20.1 Å². The fourth-order valence-corrected chi connectivity index (χ4v) is 4.00. The Kier molecular flexibility index (Phi) is 7.17. The van der Waals surface area contributed by atoms with Gasteiger partial charge in [0.15, 0.2) is 17.2 Å². The number of rotatable bonds is 8.